The first-order valence-electron chi connectivity index (χ1n) is 7.30. The molecule has 0 amide bonds. The van der Waals surface area contributed by atoms with Crippen molar-refractivity contribution < 1.29 is 14.6 Å². The minimum absolute atomic E-state index is 0.294. The van der Waals surface area contributed by atoms with E-state index in [1.807, 2.05) is 6.92 Å². The minimum Gasteiger partial charge on any atom is -0.481 e. The first kappa shape index (κ1) is 15.7. The van der Waals surface area contributed by atoms with Crippen LogP contribution in [-0.2, 0) is 16.1 Å². The zero-order valence-corrected chi connectivity index (χ0v) is 12.8. The maximum absolute atomic E-state index is 12.2. The molecular weight excluding hydrogens is 272 g/mol. The quantitative estimate of drug-likeness (QED) is 0.909. The summed E-state index contributed by atoms with van der Waals surface area (Å²) < 4.78 is 6.95. The smallest absolute Gasteiger partial charge is 0.347 e. The van der Waals surface area contributed by atoms with Crippen LogP contribution in [0.15, 0.2) is 4.79 Å². The summed E-state index contributed by atoms with van der Waals surface area (Å²) >= 11 is 0. The molecule has 2 rings (SSSR count). The lowest BCUT2D eigenvalue weighted by Gasteiger charge is -2.25. The lowest BCUT2D eigenvalue weighted by atomic mass is 9.96. The largest absolute Gasteiger partial charge is 0.481 e. The number of aliphatic carboxylic acids is 1. The van der Waals surface area contributed by atoms with E-state index in [2.05, 4.69) is 4.98 Å². The Kier molecular flexibility index (Phi) is 4.77. The highest BCUT2D eigenvalue weighted by Gasteiger charge is 2.23. The summed E-state index contributed by atoms with van der Waals surface area (Å²) in [5.74, 6) is -1.19. The molecule has 1 aliphatic rings. The van der Waals surface area contributed by atoms with Crippen molar-refractivity contribution in [1.29, 1.82) is 0 Å². The third-order valence-corrected chi connectivity index (χ3v) is 4.26. The molecule has 6 heteroatoms. The van der Waals surface area contributed by atoms with E-state index in [9.17, 15) is 14.7 Å². The van der Waals surface area contributed by atoms with Crippen LogP contribution in [0.5, 0.6) is 0 Å². The van der Waals surface area contributed by atoms with Crippen LogP contribution >= 0.6 is 0 Å². The molecule has 116 valence electrons. The molecule has 2 heterocycles. The van der Waals surface area contributed by atoms with Gasteiger partial charge in [-0.05, 0) is 39.5 Å². The fourth-order valence-corrected chi connectivity index (χ4v) is 2.97. The molecule has 1 aromatic rings. The highest BCUT2D eigenvalue weighted by Crippen LogP contribution is 2.23. The second kappa shape index (κ2) is 6.39. The molecule has 1 atom stereocenters. The fraction of sp³-hybridized carbons (Fsp3) is 0.667. The summed E-state index contributed by atoms with van der Waals surface area (Å²) in [5, 5.41) is 9.23. The van der Waals surface area contributed by atoms with E-state index in [0.29, 0.717) is 29.4 Å². The second-order valence-corrected chi connectivity index (χ2v) is 5.71. The topological polar surface area (TPSA) is 81.4 Å². The Morgan fingerprint density at radius 3 is 2.62 bits per heavy atom. The Morgan fingerprint density at radius 1 is 1.43 bits per heavy atom. The predicted molar refractivity (Wildman–Crippen MR) is 77.6 cm³/mol. The summed E-state index contributed by atoms with van der Waals surface area (Å²) in [6.45, 7) is 7.15. The third kappa shape index (κ3) is 3.32. The van der Waals surface area contributed by atoms with Gasteiger partial charge in [0, 0.05) is 36.7 Å². The lowest BCUT2D eigenvalue weighted by molar-refractivity contribution is -0.138. The van der Waals surface area contributed by atoms with Crippen LogP contribution in [0.25, 0.3) is 0 Å². The van der Waals surface area contributed by atoms with E-state index >= 15 is 0 Å². The average Bonchev–Trinajstić information content (AvgIpc) is 2.44. The van der Waals surface area contributed by atoms with E-state index in [1.54, 1.807) is 18.4 Å². The summed E-state index contributed by atoms with van der Waals surface area (Å²) in [6, 6.07) is 0. The van der Waals surface area contributed by atoms with E-state index < -0.39 is 11.9 Å². The van der Waals surface area contributed by atoms with Crippen LogP contribution in [0.4, 0.5) is 0 Å². The van der Waals surface area contributed by atoms with Gasteiger partial charge in [-0.25, -0.2) is 4.79 Å². The Balaban J connectivity index is 2.38. The molecule has 21 heavy (non-hydrogen) atoms. The van der Waals surface area contributed by atoms with Gasteiger partial charge in [-0.15, -0.1) is 0 Å². The van der Waals surface area contributed by atoms with Crippen molar-refractivity contribution in [3.63, 3.8) is 0 Å². The summed E-state index contributed by atoms with van der Waals surface area (Å²) in [4.78, 5) is 27.4. The number of hydrogen-bond donors (Lipinski definition) is 1. The second-order valence-electron chi connectivity index (χ2n) is 5.71. The van der Waals surface area contributed by atoms with Gasteiger partial charge in [-0.2, -0.15) is 4.98 Å². The van der Waals surface area contributed by atoms with Crippen LogP contribution in [0, 0.1) is 19.8 Å². The molecule has 0 aromatic carbocycles. The van der Waals surface area contributed by atoms with Crippen molar-refractivity contribution in [3.8, 4) is 0 Å². The molecule has 1 saturated heterocycles. The van der Waals surface area contributed by atoms with Crippen LogP contribution in [0.2, 0.25) is 0 Å². The van der Waals surface area contributed by atoms with Gasteiger partial charge >= 0.3 is 11.7 Å². The van der Waals surface area contributed by atoms with Crippen LogP contribution in [0.1, 0.15) is 42.6 Å². The van der Waals surface area contributed by atoms with Crippen LogP contribution in [0.3, 0.4) is 0 Å². The van der Waals surface area contributed by atoms with Gasteiger partial charge in [-0.3, -0.25) is 9.36 Å². The Bertz CT molecular complexity index is 588. The van der Waals surface area contributed by atoms with Crippen molar-refractivity contribution >= 4 is 5.97 Å². The number of hydrogen-bond acceptors (Lipinski definition) is 4. The van der Waals surface area contributed by atoms with Crippen molar-refractivity contribution in [3.05, 3.63) is 27.4 Å². The van der Waals surface area contributed by atoms with Crippen molar-refractivity contribution in [2.75, 3.05) is 13.2 Å². The molecule has 0 radical (unpaired) electrons. The molecule has 1 aliphatic heterocycles. The molecule has 0 saturated carbocycles. The maximum atomic E-state index is 12.2. The number of carboxylic acid groups (broad SMARTS) is 1. The first-order valence-corrected chi connectivity index (χ1v) is 7.30. The molecule has 0 bridgehead atoms. The van der Waals surface area contributed by atoms with Crippen LogP contribution < -0.4 is 5.69 Å². The molecule has 6 nitrogen and oxygen atoms in total. The highest BCUT2D eigenvalue weighted by molar-refractivity contribution is 5.76. The van der Waals surface area contributed by atoms with Crippen molar-refractivity contribution in [2.24, 2.45) is 5.92 Å². The lowest BCUT2D eigenvalue weighted by Crippen LogP contribution is -2.33. The minimum atomic E-state index is -0.903. The number of nitrogens with zero attached hydrogens (tertiary/aromatic N) is 2. The van der Waals surface area contributed by atoms with Crippen molar-refractivity contribution in [2.45, 2.75) is 46.1 Å². The highest BCUT2D eigenvalue weighted by atomic mass is 16.5. The van der Waals surface area contributed by atoms with Gasteiger partial charge < -0.3 is 9.84 Å². The number of carboxylic acids is 1. The molecule has 1 aromatic heterocycles. The van der Waals surface area contributed by atoms with E-state index in [-0.39, 0.29) is 5.69 Å². The molecule has 1 N–H and O–H groups in total. The molecule has 1 fully saturated rings. The van der Waals surface area contributed by atoms with E-state index in [1.165, 1.54) is 0 Å². The summed E-state index contributed by atoms with van der Waals surface area (Å²) in [6.07, 6.45) is 1.84. The monoisotopic (exact) mass is 294 g/mol. The number of ether oxygens (including phenoxy) is 1. The molecule has 1 unspecified atom stereocenters. The predicted octanol–water partition coefficient (Wildman–Crippen LogP) is 1.47. The van der Waals surface area contributed by atoms with Crippen LogP contribution in [-0.4, -0.2) is 33.8 Å². The third-order valence-electron chi connectivity index (χ3n) is 4.26. The van der Waals surface area contributed by atoms with Crippen molar-refractivity contribution in [1.82, 2.24) is 9.55 Å². The molecular formula is C15H22N2O4. The van der Waals surface area contributed by atoms with Gasteiger partial charge in [0.25, 0.3) is 0 Å². The Labute approximate surface area is 123 Å². The zero-order chi connectivity index (χ0) is 15.6. The normalized spacial score (nSPS) is 17.7. The molecule has 0 spiro atoms. The van der Waals surface area contributed by atoms with Gasteiger partial charge in [-0.1, -0.05) is 0 Å². The maximum Gasteiger partial charge on any atom is 0.347 e. The Morgan fingerprint density at radius 2 is 2.05 bits per heavy atom. The van der Waals surface area contributed by atoms with E-state index in [0.717, 1.165) is 26.1 Å². The van der Waals surface area contributed by atoms with E-state index in [4.69, 9.17) is 4.74 Å². The van der Waals surface area contributed by atoms with Gasteiger partial charge in [0.2, 0.25) is 0 Å². The number of aromatic nitrogens is 2. The number of carbonyl (C=O) groups is 1. The number of aryl methyl sites for hydroxylation is 1. The Hall–Kier alpha value is -1.69. The standard InChI is InChI=1S/C15H22N2O4/c1-9(14(18)19)13-10(2)16-15(20)17(11(13)3)8-12-4-6-21-7-5-12/h9,12H,4-8H2,1-3H3,(H,18,19). The summed E-state index contributed by atoms with van der Waals surface area (Å²) in [7, 11) is 0. The number of rotatable bonds is 4. The first-order chi connectivity index (χ1) is 9.91. The zero-order valence-electron chi connectivity index (χ0n) is 12.8. The molecule has 0 aliphatic carbocycles. The average molecular weight is 294 g/mol. The fourth-order valence-electron chi connectivity index (χ4n) is 2.97. The SMILES string of the molecule is Cc1nc(=O)n(CC2CCOCC2)c(C)c1C(C)C(=O)O. The summed E-state index contributed by atoms with van der Waals surface area (Å²) in [5.41, 5.74) is 1.58. The van der Waals surface area contributed by atoms with Gasteiger partial charge in [0.15, 0.2) is 0 Å². The van der Waals surface area contributed by atoms with Gasteiger partial charge in [0.1, 0.15) is 0 Å². The van der Waals surface area contributed by atoms with Gasteiger partial charge in [0.05, 0.1) is 5.92 Å².